The van der Waals surface area contributed by atoms with Gasteiger partial charge in [0.1, 0.15) is 6.10 Å². The zero-order chi connectivity index (χ0) is 11.5. The molecule has 0 spiro atoms. The smallest absolute Gasteiger partial charge is 0.373 e. The predicted molar refractivity (Wildman–Crippen MR) is 56.5 cm³/mol. The van der Waals surface area contributed by atoms with Crippen LogP contribution >= 0.6 is 11.6 Å². The molecule has 0 aromatic carbocycles. The lowest BCUT2D eigenvalue weighted by molar-refractivity contribution is 0.0121. The van der Waals surface area contributed by atoms with Gasteiger partial charge in [0.25, 0.3) is 0 Å². The summed E-state index contributed by atoms with van der Waals surface area (Å²) in [4.78, 5) is 18.3. The van der Waals surface area contributed by atoms with Crippen LogP contribution in [0.3, 0.4) is 0 Å². The van der Waals surface area contributed by atoms with E-state index in [4.69, 9.17) is 21.4 Å². The second kappa shape index (κ2) is 4.76. The van der Waals surface area contributed by atoms with Gasteiger partial charge < -0.3 is 9.84 Å². The first-order valence-corrected chi connectivity index (χ1v) is 5.43. The molecule has 1 fully saturated rings. The predicted octanol–water partition coefficient (Wildman–Crippen LogP) is 2.07. The first-order chi connectivity index (χ1) is 7.68. The molecular formula is C10H11ClN2O3. The van der Waals surface area contributed by atoms with E-state index in [0.717, 1.165) is 19.3 Å². The standard InChI is InChI=1S/C10H11ClN2O3/c11-6-5-12-9(10(14)15)13-8(6)7-3-1-2-4-16-7/h5,7H,1-4H2,(H,14,15). The Hall–Kier alpha value is -1.20. The van der Waals surface area contributed by atoms with Crippen LogP contribution in [0.2, 0.25) is 5.02 Å². The first-order valence-electron chi connectivity index (χ1n) is 5.06. The molecule has 5 nitrogen and oxygen atoms in total. The first kappa shape index (κ1) is 11.3. The van der Waals surface area contributed by atoms with E-state index in [2.05, 4.69) is 9.97 Å². The van der Waals surface area contributed by atoms with Crippen LogP contribution in [0.1, 0.15) is 41.7 Å². The van der Waals surface area contributed by atoms with Crippen molar-refractivity contribution in [3.05, 3.63) is 22.7 Å². The summed E-state index contributed by atoms with van der Waals surface area (Å²) >= 11 is 5.94. The number of nitrogens with zero attached hydrogens (tertiary/aromatic N) is 2. The lowest BCUT2D eigenvalue weighted by Crippen LogP contribution is -2.16. The Morgan fingerprint density at radius 2 is 2.38 bits per heavy atom. The van der Waals surface area contributed by atoms with Crippen molar-refractivity contribution in [3.63, 3.8) is 0 Å². The minimum atomic E-state index is -1.16. The molecule has 1 aromatic rings. The molecule has 2 rings (SSSR count). The second-order valence-corrected chi connectivity index (χ2v) is 3.99. The van der Waals surface area contributed by atoms with Gasteiger partial charge in [0, 0.05) is 6.61 Å². The molecule has 0 aliphatic carbocycles. The number of aromatic nitrogens is 2. The molecule has 0 bridgehead atoms. The van der Waals surface area contributed by atoms with E-state index in [0.29, 0.717) is 17.3 Å². The molecule has 0 radical (unpaired) electrons. The van der Waals surface area contributed by atoms with E-state index < -0.39 is 5.97 Å². The number of hydrogen-bond acceptors (Lipinski definition) is 4. The Morgan fingerprint density at radius 1 is 1.56 bits per heavy atom. The number of carboxylic acids is 1. The summed E-state index contributed by atoms with van der Waals surface area (Å²) in [7, 11) is 0. The lowest BCUT2D eigenvalue weighted by Gasteiger charge is -2.22. The molecule has 1 atom stereocenters. The SMILES string of the molecule is O=C(O)c1ncc(Cl)c(C2CCCCO2)n1. The quantitative estimate of drug-likeness (QED) is 0.860. The third-order valence-electron chi connectivity index (χ3n) is 2.45. The Labute approximate surface area is 97.4 Å². The molecule has 0 saturated carbocycles. The van der Waals surface area contributed by atoms with E-state index in [1.165, 1.54) is 6.20 Å². The lowest BCUT2D eigenvalue weighted by atomic mass is 10.1. The molecular weight excluding hydrogens is 232 g/mol. The van der Waals surface area contributed by atoms with E-state index in [9.17, 15) is 4.79 Å². The summed E-state index contributed by atoms with van der Waals surface area (Å²) in [5, 5.41) is 9.15. The Morgan fingerprint density at radius 3 is 3.00 bits per heavy atom. The fourth-order valence-corrected chi connectivity index (χ4v) is 1.88. The van der Waals surface area contributed by atoms with Gasteiger partial charge in [-0.15, -0.1) is 0 Å². The van der Waals surface area contributed by atoms with Crippen LogP contribution in [0, 0.1) is 0 Å². The summed E-state index contributed by atoms with van der Waals surface area (Å²) in [6, 6.07) is 0. The van der Waals surface area contributed by atoms with Crippen molar-refractivity contribution in [2.24, 2.45) is 0 Å². The van der Waals surface area contributed by atoms with E-state index in [1.54, 1.807) is 0 Å². The van der Waals surface area contributed by atoms with Crippen molar-refractivity contribution >= 4 is 17.6 Å². The van der Waals surface area contributed by atoms with Crippen LogP contribution in [0.15, 0.2) is 6.20 Å². The fraction of sp³-hybridized carbons (Fsp3) is 0.500. The van der Waals surface area contributed by atoms with Crippen LogP contribution in [0.5, 0.6) is 0 Å². The van der Waals surface area contributed by atoms with Gasteiger partial charge in [-0.1, -0.05) is 11.6 Å². The van der Waals surface area contributed by atoms with Crippen molar-refractivity contribution in [1.29, 1.82) is 0 Å². The van der Waals surface area contributed by atoms with Gasteiger partial charge in [-0.25, -0.2) is 14.8 Å². The number of hydrogen-bond donors (Lipinski definition) is 1. The summed E-state index contributed by atoms with van der Waals surface area (Å²) in [6.07, 6.45) is 3.97. The van der Waals surface area contributed by atoms with Crippen molar-refractivity contribution in [2.45, 2.75) is 25.4 Å². The summed E-state index contributed by atoms with van der Waals surface area (Å²) in [5.41, 5.74) is 0.480. The third kappa shape index (κ3) is 2.31. The normalized spacial score (nSPS) is 20.7. The highest BCUT2D eigenvalue weighted by Gasteiger charge is 2.22. The average molecular weight is 243 g/mol. The van der Waals surface area contributed by atoms with Crippen LogP contribution in [0.25, 0.3) is 0 Å². The number of carbonyl (C=O) groups is 1. The largest absolute Gasteiger partial charge is 0.475 e. The number of carboxylic acid groups (broad SMARTS) is 1. The van der Waals surface area contributed by atoms with Gasteiger partial charge in [0.2, 0.25) is 5.82 Å². The minimum Gasteiger partial charge on any atom is -0.475 e. The maximum absolute atomic E-state index is 10.7. The highest BCUT2D eigenvalue weighted by molar-refractivity contribution is 6.31. The number of aromatic carboxylic acids is 1. The van der Waals surface area contributed by atoms with Crippen molar-refractivity contribution in [1.82, 2.24) is 9.97 Å². The van der Waals surface area contributed by atoms with E-state index in [-0.39, 0.29) is 11.9 Å². The number of rotatable bonds is 2. The molecule has 1 aromatic heterocycles. The van der Waals surface area contributed by atoms with Crippen molar-refractivity contribution in [2.75, 3.05) is 6.61 Å². The van der Waals surface area contributed by atoms with Crippen molar-refractivity contribution < 1.29 is 14.6 Å². The van der Waals surface area contributed by atoms with Crippen LogP contribution in [-0.2, 0) is 4.74 Å². The summed E-state index contributed by atoms with van der Waals surface area (Å²) in [5.74, 6) is -1.40. The highest BCUT2D eigenvalue weighted by atomic mass is 35.5. The number of ether oxygens (including phenoxy) is 1. The van der Waals surface area contributed by atoms with Gasteiger partial charge >= 0.3 is 5.97 Å². The topological polar surface area (TPSA) is 72.3 Å². The summed E-state index contributed by atoms with van der Waals surface area (Å²) < 4.78 is 5.51. The Balaban J connectivity index is 2.30. The molecule has 1 N–H and O–H groups in total. The molecule has 1 aliphatic heterocycles. The second-order valence-electron chi connectivity index (χ2n) is 3.59. The molecule has 86 valence electrons. The fourth-order valence-electron chi connectivity index (χ4n) is 1.67. The number of halogens is 1. The molecule has 0 amide bonds. The summed E-state index contributed by atoms with van der Waals surface area (Å²) in [6.45, 7) is 0.660. The van der Waals surface area contributed by atoms with Crippen LogP contribution < -0.4 is 0 Å². The maximum Gasteiger partial charge on any atom is 0.373 e. The molecule has 1 unspecified atom stereocenters. The Bertz CT molecular complexity index is 405. The van der Waals surface area contributed by atoms with Crippen molar-refractivity contribution in [3.8, 4) is 0 Å². The van der Waals surface area contributed by atoms with Gasteiger partial charge in [-0.2, -0.15) is 0 Å². The molecule has 2 heterocycles. The van der Waals surface area contributed by atoms with E-state index in [1.807, 2.05) is 0 Å². The average Bonchev–Trinajstić information content (AvgIpc) is 2.30. The highest BCUT2D eigenvalue weighted by Crippen LogP contribution is 2.30. The van der Waals surface area contributed by atoms with E-state index >= 15 is 0 Å². The monoisotopic (exact) mass is 242 g/mol. The Kier molecular flexibility index (Phi) is 3.36. The minimum absolute atomic E-state index is 0.206. The van der Waals surface area contributed by atoms with Crippen LogP contribution in [0.4, 0.5) is 0 Å². The zero-order valence-electron chi connectivity index (χ0n) is 8.52. The van der Waals surface area contributed by atoms with Gasteiger partial charge in [-0.05, 0) is 19.3 Å². The van der Waals surface area contributed by atoms with Gasteiger partial charge in [0.05, 0.1) is 16.9 Å². The third-order valence-corrected chi connectivity index (χ3v) is 2.74. The van der Waals surface area contributed by atoms with Crippen LogP contribution in [-0.4, -0.2) is 27.7 Å². The maximum atomic E-state index is 10.7. The molecule has 6 heteroatoms. The van der Waals surface area contributed by atoms with Gasteiger partial charge in [-0.3, -0.25) is 0 Å². The zero-order valence-corrected chi connectivity index (χ0v) is 9.28. The van der Waals surface area contributed by atoms with Gasteiger partial charge in [0.15, 0.2) is 0 Å². The molecule has 1 saturated heterocycles. The molecule has 1 aliphatic rings. The molecule has 16 heavy (non-hydrogen) atoms.